The van der Waals surface area contributed by atoms with Crippen molar-refractivity contribution in [3.63, 3.8) is 0 Å². The Morgan fingerprint density at radius 1 is 1.24 bits per heavy atom. The van der Waals surface area contributed by atoms with Crippen LogP contribution in [0.3, 0.4) is 0 Å². The Hall–Kier alpha value is -1.93. The Morgan fingerprint density at radius 3 is 2.62 bits per heavy atom. The molecule has 3 rings (SSSR count). The molecule has 0 saturated heterocycles. The topological polar surface area (TPSA) is 76.0 Å². The van der Waals surface area contributed by atoms with Crippen molar-refractivity contribution in [3.05, 3.63) is 55.0 Å². The largest absolute Gasteiger partial charge is 0.355 e. The third-order valence-corrected chi connectivity index (χ3v) is 6.64. The van der Waals surface area contributed by atoms with Crippen molar-refractivity contribution in [2.75, 3.05) is 12.4 Å². The number of hydrogen-bond acceptors (Lipinski definition) is 5. The van der Waals surface area contributed by atoms with Gasteiger partial charge in [0, 0.05) is 35.1 Å². The predicted molar refractivity (Wildman–Crippen MR) is 120 cm³/mol. The van der Waals surface area contributed by atoms with E-state index in [9.17, 15) is 12.8 Å². The third kappa shape index (κ3) is 5.57. The minimum absolute atomic E-state index is 0.145. The zero-order chi connectivity index (χ0) is 21.2. The van der Waals surface area contributed by atoms with E-state index >= 15 is 0 Å². The molecule has 2 atom stereocenters. The molecule has 0 spiro atoms. The molecule has 0 saturated carbocycles. The molecular formula is C19H22FN4O2PS2. The predicted octanol–water partition coefficient (Wildman–Crippen LogP) is 4.35. The molecule has 6 nitrogen and oxygen atoms in total. The lowest BCUT2D eigenvalue weighted by Crippen LogP contribution is -2.18. The van der Waals surface area contributed by atoms with E-state index in [4.69, 9.17) is 0 Å². The highest BCUT2D eigenvalue weighted by atomic mass is 32.2. The number of nitrogens with one attached hydrogen (secondary N) is 2. The van der Waals surface area contributed by atoms with Gasteiger partial charge in [-0.05, 0) is 50.4 Å². The number of benzene rings is 2. The number of hydrogen-bond donors (Lipinski definition) is 2. The Balaban J connectivity index is 2.02. The maximum absolute atomic E-state index is 13.9. The van der Waals surface area contributed by atoms with E-state index in [1.54, 1.807) is 23.0 Å². The van der Waals surface area contributed by atoms with Crippen molar-refractivity contribution < 1.29 is 12.8 Å². The van der Waals surface area contributed by atoms with Gasteiger partial charge in [0.05, 0.1) is 16.9 Å². The number of thioether (sulfide) groups is 1. The zero-order valence-corrected chi connectivity index (χ0v) is 19.0. The van der Waals surface area contributed by atoms with Gasteiger partial charge in [0.1, 0.15) is 0 Å². The lowest BCUT2D eigenvalue weighted by Gasteiger charge is -2.16. The molecular weight excluding hydrogens is 430 g/mol. The standard InChI is InChI=1S/C19H22FN4O2PS2/c1-19(20,27)28-14-6-4-5-13(9-14)23-17-8-7-15(29(25,26)21-2)10-16(17)18-11-24(3)12-22-18/h4-12,21,23H,27H2,1-3H3. The first-order valence-corrected chi connectivity index (χ1v) is 11.5. The maximum Gasteiger partial charge on any atom is 0.240 e. The Labute approximate surface area is 176 Å². The van der Waals surface area contributed by atoms with Crippen LogP contribution in [0.15, 0.2) is 64.8 Å². The lowest BCUT2D eigenvalue weighted by atomic mass is 10.1. The van der Waals surface area contributed by atoms with Crippen LogP contribution in [-0.2, 0) is 17.1 Å². The average Bonchev–Trinajstić information content (AvgIpc) is 3.07. The summed E-state index contributed by atoms with van der Waals surface area (Å²) in [6.07, 6.45) is 3.46. The van der Waals surface area contributed by atoms with Crippen molar-refractivity contribution >= 4 is 42.4 Å². The van der Waals surface area contributed by atoms with Gasteiger partial charge in [0.25, 0.3) is 0 Å². The van der Waals surface area contributed by atoms with Crippen LogP contribution in [0.25, 0.3) is 11.3 Å². The highest BCUT2D eigenvalue weighted by Gasteiger charge is 2.19. The summed E-state index contributed by atoms with van der Waals surface area (Å²) in [5.41, 5.74) is 2.72. The van der Waals surface area contributed by atoms with E-state index in [-0.39, 0.29) is 4.90 Å². The molecule has 0 aliphatic carbocycles. The van der Waals surface area contributed by atoms with Crippen LogP contribution >= 0.6 is 21.0 Å². The second-order valence-electron chi connectivity index (χ2n) is 6.58. The number of anilines is 2. The second-order valence-corrected chi connectivity index (χ2v) is 11.4. The zero-order valence-electron chi connectivity index (χ0n) is 16.2. The van der Waals surface area contributed by atoms with Crippen molar-refractivity contribution in [2.45, 2.75) is 21.5 Å². The highest BCUT2D eigenvalue weighted by molar-refractivity contribution is 8.03. The molecule has 3 aromatic rings. The smallest absolute Gasteiger partial charge is 0.240 e. The molecule has 0 aliphatic rings. The summed E-state index contributed by atoms with van der Waals surface area (Å²) < 4.78 is 41.1. The quantitative estimate of drug-likeness (QED) is 0.412. The fourth-order valence-corrected chi connectivity index (χ4v) is 4.66. The van der Waals surface area contributed by atoms with Gasteiger partial charge < -0.3 is 9.88 Å². The van der Waals surface area contributed by atoms with E-state index in [1.807, 2.05) is 37.5 Å². The maximum atomic E-state index is 13.9. The summed E-state index contributed by atoms with van der Waals surface area (Å²) in [6, 6.07) is 12.2. The molecule has 2 aromatic carbocycles. The molecule has 0 bridgehead atoms. The Morgan fingerprint density at radius 2 is 2.00 bits per heavy atom. The number of alkyl halides is 1. The minimum Gasteiger partial charge on any atom is -0.355 e. The summed E-state index contributed by atoms with van der Waals surface area (Å²) in [5.74, 6) is 0. The van der Waals surface area contributed by atoms with Crippen LogP contribution in [0, 0.1) is 0 Å². The first kappa shape index (κ1) is 21.8. The normalized spacial score (nSPS) is 13.8. The van der Waals surface area contributed by atoms with Gasteiger partial charge in [-0.15, -0.1) is 0 Å². The number of imidazole rings is 1. The molecule has 0 fully saturated rings. The molecule has 2 unspecified atom stereocenters. The lowest BCUT2D eigenvalue weighted by molar-refractivity contribution is 0.442. The van der Waals surface area contributed by atoms with Gasteiger partial charge in [-0.3, -0.25) is 0 Å². The van der Waals surface area contributed by atoms with Gasteiger partial charge in [-0.2, -0.15) is 0 Å². The number of sulfonamides is 1. The summed E-state index contributed by atoms with van der Waals surface area (Å²) in [4.78, 5) is 5.27. The van der Waals surface area contributed by atoms with Crippen LogP contribution in [0.5, 0.6) is 0 Å². The molecule has 2 N–H and O–H groups in total. The van der Waals surface area contributed by atoms with Crippen LogP contribution < -0.4 is 10.0 Å². The summed E-state index contributed by atoms with van der Waals surface area (Å²) >= 11 is 1.09. The van der Waals surface area contributed by atoms with Gasteiger partial charge >= 0.3 is 0 Å². The van der Waals surface area contributed by atoms with Gasteiger partial charge in [-0.1, -0.05) is 27.1 Å². The molecule has 10 heteroatoms. The number of aryl methyl sites for hydroxylation is 1. The minimum atomic E-state index is -3.60. The molecule has 1 heterocycles. The average molecular weight is 453 g/mol. The van der Waals surface area contributed by atoms with Crippen LogP contribution in [0.2, 0.25) is 0 Å². The molecule has 0 amide bonds. The Kier molecular flexibility index (Phi) is 6.33. The monoisotopic (exact) mass is 452 g/mol. The fraction of sp³-hybridized carbons (Fsp3) is 0.211. The number of nitrogens with zero attached hydrogens (tertiary/aromatic N) is 2. The van der Waals surface area contributed by atoms with E-state index in [2.05, 4.69) is 24.3 Å². The molecule has 0 radical (unpaired) electrons. The first-order valence-electron chi connectivity index (χ1n) is 8.67. The van der Waals surface area contributed by atoms with Crippen LogP contribution in [0.1, 0.15) is 6.92 Å². The SMILES string of the molecule is CNS(=O)(=O)c1ccc(Nc2cccc(SC(C)(F)P)c2)c(-c2cn(C)cn2)c1. The molecule has 154 valence electrons. The Bertz CT molecular complexity index is 1130. The van der Waals surface area contributed by atoms with Crippen LogP contribution in [-0.4, -0.2) is 29.8 Å². The number of rotatable bonds is 7. The van der Waals surface area contributed by atoms with Crippen molar-refractivity contribution in [2.24, 2.45) is 7.05 Å². The molecule has 0 aliphatic heterocycles. The summed E-state index contributed by atoms with van der Waals surface area (Å²) in [5, 5.41) is 3.30. The van der Waals surface area contributed by atoms with Gasteiger partial charge in [0.15, 0.2) is 4.74 Å². The van der Waals surface area contributed by atoms with E-state index in [0.717, 1.165) is 22.3 Å². The second kappa shape index (κ2) is 8.44. The van der Waals surface area contributed by atoms with Crippen molar-refractivity contribution in [3.8, 4) is 11.3 Å². The van der Waals surface area contributed by atoms with Crippen molar-refractivity contribution in [1.82, 2.24) is 14.3 Å². The van der Waals surface area contributed by atoms with Gasteiger partial charge in [0.2, 0.25) is 10.0 Å². The van der Waals surface area contributed by atoms with E-state index in [1.165, 1.54) is 20.0 Å². The molecule has 29 heavy (non-hydrogen) atoms. The van der Waals surface area contributed by atoms with E-state index in [0.29, 0.717) is 16.9 Å². The van der Waals surface area contributed by atoms with E-state index < -0.39 is 14.8 Å². The first-order chi connectivity index (χ1) is 13.6. The number of aromatic nitrogens is 2. The number of halogens is 1. The van der Waals surface area contributed by atoms with Crippen molar-refractivity contribution in [1.29, 1.82) is 0 Å². The van der Waals surface area contributed by atoms with Crippen LogP contribution in [0.4, 0.5) is 15.8 Å². The fourth-order valence-electron chi connectivity index (χ4n) is 2.70. The third-order valence-electron chi connectivity index (χ3n) is 3.98. The summed E-state index contributed by atoms with van der Waals surface area (Å²) in [6.45, 7) is 1.47. The van der Waals surface area contributed by atoms with Gasteiger partial charge in [-0.25, -0.2) is 22.5 Å². The molecule has 1 aromatic heterocycles. The summed E-state index contributed by atoms with van der Waals surface area (Å²) in [7, 11) is 1.78. The highest BCUT2D eigenvalue weighted by Crippen LogP contribution is 2.40.